The molecule has 1 aromatic carbocycles. The van der Waals surface area contributed by atoms with Gasteiger partial charge in [-0.15, -0.1) is 0 Å². The van der Waals surface area contributed by atoms with Crippen molar-refractivity contribution in [2.75, 3.05) is 13.7 Å². The highest BCUT2D eigenvalue weighted by molar-refractivity contribution is 5.29. The summed E-state index contributed by atoms with van der Waals surface area (Å²) in [5, 5.41) is 7.00. The average molecular weight is 266 g/mol. The van der Waals surface area contributed by atoms with Gasteiger partial charge in [-0.3, -0.25) is 0 Å². The van der Waals surface area contributed by atoms with Crippen LogP contribution in [0.5, 0.6) is 5.75 Å². The summed E-state index contributed by atoms with van der Waals surface area (Å²) < 4.78 is 18.5. The van der Waals surface area contributed by atoms with Gasteiger partial charge in [0.15, 0.2) is 11.6 Å². The zero-order valence-electron chi connectivity index (χ0n) is 11.9. The van der Waals surface area contributed by atoms with E-state index < -0.39 is 0 Å². The topological polar surface area (TPSA) is 33.3 Å². The Bertz CT molecular complexity index is 434. The Morgan fingerprint density at radius 2 is 2.26 bits per heavy atom. The molecule has 4 heteroatoms. The highest BCUT2D eigenvalue weighted by Crippen LogP contribution is 2.20. The van der Waals surface area contributed by atoms with Gasteiger partial charge < -0.3 is 15.4 Å². The van der Waals surface area contributed by atoms with Gasteiger partial charge in [-0.05, 0) is 50.9 Å². The first-order valence-electron chi connectivity index (χ1n) is 6.81. The number of hydrogen-bond donors (Lipinski definition) is 2. The van der Waals surface area contributed by atoms with Crippen LogP contribution in [0.25, 0.3) is 0 Å². The van der Waals surface area contributed by atoms with Crippen molar-refractivity contribution in [2.24, 2.45) is 0 Å². The van der Waals surface area contributed by atoms with Crippen molar-refractivity contribution < 1.29 is 9.13 Å². The van der Waals surface area contributed by atoms with E-state index in [0.717, 1.165) is 24.9 Å². The summed E-state index contributed by atoms with van der Waals surface area (Å²) >= 11 is 0. The van der Waals surface area contributed by atoms with Crippen molar-refractivity contribution in [1.29, 1.82) is 0 Å². The van der Waals surface area contributed by atoms with Gasteiger partial charge in [0.05, 0.1) is 7.11 Å². The lowest BCUT2D eigenvalue weighted by atomic mass is 9.89. The third-order valence-corrected chi connectivity index (χ3v) is 3.66. The van der Waals surface area contributed by atoms with Crippen LogP contribution in [0.1, 0.15) is 32.3 Å². The first-order chi connectivity index (χ1) is 9.00. The molecule has 1 saturated heterocycles. The second-order valence-corrected chi connectivity index (χ2v) is 5.85. The standard InChI is InChI=1S/C15H23FN2O/c1-15(2)9-12(6-7-18-15)17-10-11-4-5-14(19-3)13(16)8-11/h4-5,8,12,17-18H,6-7,9-10H2,1-3H3. The number of nitrogens with one attached hydrogen (secondary N) is 2. The van der Waals surface area contributed by atoms with Crippen LogP contribution >= 0.6 is 0 Å². The number of benzene rings is 1. The van der Waals surface area contributed by atoms with E-state index in [1.807, 2.05) is 6.07 Å². The third-order valence-electron chi connectivity index (χ3n) is 3.66. The quantitative estimate of drug-likeness (QED) is 0.878. The fourth-order valence-electron chi connectivity index (χ4n) is 2.63. The lowest BCUT2D eigenvalue weighted by Crippen LogP contribution is -2.51. The van der Waals surface area contributed by atoms with Crippen LogP contribution in [0.4, 0.5) is 4.39 Å². The molecule has 1 unspecified atom stereocenters. The minimum Gasteiger partial charge on any atom is -0.494 e. The van der Waals surface area contributed by atoms with Gasteiger partial charge >= 0.3 is 0 Å². The second kappa shape index (κ2) is 5.88. The highest BCUT2D eigenvalue weighted by Gasteiger charge is 2.26. The number of halogens is 1. The molecule has 0 amide bonds. The number of ether oxygens (including phenoxy) is 1. The lowest BCUT2D eigenvalue weighted by Gasteiger charge is -2.37. The smallest absolute Gasteiger partial charge is 0.165 e. The van der Waals surface area contributed by atoms with Gasteiger partial charge in [-0.25, -0.2) is 4.39 Å². The third kappa shape index (κ3) is 3.91. The first kappa shape index (κ1) is 14.3. The summed E-state index contributed by atoms with van der Waals surface area (Å²) in [5.41, 5.74) is 1.13. The van der Waals surface area contributed by atoms with E-state index in [-0.39, 0.29) is 11.4 Å². The van der Waals surface area contributed by atoms with E-state index in [9.17, 15) is 4.39 Å². The van der Waals surface area contributed by atoms with Crippen LogP contribution in [0.15, 0.2) is 18.2 Å². The average Bonchev–Trinajstić information content (AvgIpc) is 2.35. The number of rotatable bonds is 4. The zero-order valence-corrected chi connectivity index (χ0v) is 11.9. The SMILES string of the molecule is COc1ccc(CNC2CCNC(C)(C)C2)cc1F. The Kier molecular flexibility index (Phi) is 4.42. The van der Waals surface area contributed by atoms with Gasteiger partial charge in [0.2, 0.25) is 0 Å². The van der Waals surface area contributed by atoms with E-state index in [0.29, 0.717) is 18.3 Å². The number of piperidine rings is 1. The fourth-order valence-corrected chi connectivity index (χ4v) is 2.63. The fraction of sp³-hybridized carbons (Fsp3) is 0.600. The molecule has 0 aromatic heterocycles. The van der Waals surface area contributed by atoms with Crippen molar-refractivity contribution in [3.63, 3.8) is 0 Å². The van der Waals surface area contributed by atoms with E-state index in [1.165, 1.54) is 13.2 Å². The van der Waals surface area contributed by atoms with Gasteiger partial charge in [-0.2, -0.15) is 0 Å². The van der Waals surface area contributed by atoms with E-state index in [1.54, 1.807) is 6.07 Å². The molecule has 1 fully saturated rings. The summed E-state index contributed by atoms with van der Waals surface area (Å²) in [5.74, 6) is -0.000750. The van der Waals surface area contributed by atoms with Crippen molar-refractivity contribution in [3.05, 3.63) is 29.6 Å². The first-order valence-corrected chi connectivity index (χ1v) is 6.81. The Morgan fingerprint density at radius 1 is 1.47 bits per heavy atom. The Labute approximate surface area is 114 Å². The maximum Gasteiger partial charge on any atom is 0.165 e. The van der Waals surface area contributed by atoms with Gasteiger partial charge in [0.1, 0.15) is 0 Å². The predicted molar refractivity (Wildman–Crippen MR) is 74.9 cm³/mol. The molecular formula is C15H23FN2O. The van der Waals surface area contributed by atoms with Crippen molar-refractivity contribution in [1.82, 2.24) is 10.6 Å². The van der Waals surface area contributed by atoms with E-state index in [2.05, 4.69) is 24.5 Å². The minimum absolute atomic E-state index is 0.182. The minimum atomic E-state index is -0.299. The summed E-state index contributed by atoms with van der Waals surface area (Å²) in [6.45, 7) is 6.16. The van der Waals surface area contributed by atoms with E-state index in [4.69, 9.17) is 4.74 Å². The maximum atomic E-state index is 13.6. The Hall–Kier alpha value is -1.13. The molecule has 0 aliphatic carbocycles. The largest absolute Gasteiger partial charge is 0.494 e. The molecule has 0 radical (unpaired) electrons. The lowest BCUT2D eigenvalue weighted by molar-refractivity contribution is 0.247. The normalized spacial score (nSPS) is 22.2. The van der Waals surface area contributed by atoms with E-state index >= 15 is 0 Å². The summed E-state index contributed by atoms with van der Waals surface area (Å²) in [6.07, 6.45) is 2.20. The monoisotopic (exact) mass is 266 g/mol. The summed E-state index contributed by atoms with van der Waals surface area (Å²) in [7, 11) is 1.48. The molecule has 2 rings (SSSR count). The highest BCUT2D eigenvalue weighted by atomic mass is 19.1. The summed E-state index contributed by atoms with van der Waals surface area (Å²) in [4.78, 5) is 0. The van der Waals surface area contributed by atoms with Crippen molar-refractivity contribution >= 4 is 0 Å². The number of methoxy groups -OCH3 is 1. The van der Waals surface area contributed by atoms with Crippen LogP contribution in [-0.4, -0.2) is 25.2 Å². The van der Waals surface area contributed by atoms with Crippen LogP contribution in [0.2, 0.25) is 0 Å². The predicted octanol–water partition coefficient (Wildman–Crippen LogP) is 2.45. The summed E-state index contributed by atoms with van der Waals surface area (Å²) in [6, 6.07) is 5.61. The van der Waals surface area contributed by atoms with Gasteiger partial charge in [0.25, 0.3) is 0 Å². The molecule has 3 nitrogen and oxygen atoms in total. The molecule has 1 atom stereocenters. The van der Waals surface area contributed by atoms with Gasteiger partial charge in [0, 0.05) is 18.1 Å². The van der Waals surface area contributed by atoms with Crippen LogP contribution in [0.3, 0.4) is 0 Å². The molecular weight excluding hydrogens is 243 g/mol. The molecule has 0 spiro atoms. The number of hydrogen-bond acceptors (Lipinski definition) is 3. The zero-order chi connectivity index (χ0) is 13.9. The van der Waals surface area contributed by atoms with Crippen LogP contribution < -0.4 is 15.4 Å². The van der Waals surface area contributed by atoms with Gasteiger partial charge in [-0.1, -0.05) is 6.07 Å². The molecule has 19 heavy (non-hydrogen) atoms. The molecule has 2 N–H and O–H groups in total. The molecule has 1 heterocycles. The van der Waals surface area contributed by atoms with Crippen LogP contribution in [-0.2, 0) is 6.54 Å². The molecule has 0 bridgehead atoms. The molecule has 1 aliphatic heterocycles. The molecule has 106 valence electrons. The molecule has 1 aliphatic rings. The Balaban J connectivity index is 1.90. The van der Waals surface area contributed by atoms with Crippen LogP contribution in [0, 0.1) is 5.82 Å². The molecule has 1 aromatic rings. The second-order valence-electron chi connectivity index (χ2n) is 5.85. The van der Waals surface area contributed by atoms with Crippen molar-refractivity contribution in [2.45, 2.75) is 44.8 Å². The Morgan fingerprint density at radius 3 is 2.89 bits per heavy atom. The maximum absolute atomic E-state index is 13.6. The van der Waals surface area contributed by atoms with Crippen molar-refractivity contribution in [3.8, 4) is 5.75 Å². The molecule has 0 saturated carbocycles.